The van der Waals surface area contributed by atoms with Crippen LogP contribution in [0.3, 0.4) is 0 Å². The second kappa shape index (κ2) is 30.4. The number of hydrogen-bond acceptors (Lipinski definition) is 24. The smallest absolute Gasteiger partial charge is 0.238 e. The summed E-state index contributed by atoms with van der Waals surface area (Å²) < 4.78 is 23.3. The molecule has 9 heterocycles. The van der Waals surface area contributed by atoms with Gasteiger partial charge in [-0.2, -0.15) is 0 Å². The highest BCUT2D eigenvalue weighted by Crippen LogP contribution is 2.41. The van der Waals surface area contributed by atoms with Gasteiger partial charge in [0.15, 0.2) is 0 Å². The molecule has 100 heavy (non-hydrogen) atoms. The van der Waals surface area contributed by atoms with E-state index in [2.05, 4.69) is 83.0 Å². The number of aromatic nitrogens is 9. The molecule has 6 aromatic heterocycles. The summed E-state index contributed by atoms with van der Waals surface area (Å²) in [4.78, 5) is 105. The zero-order valence-corrected chi connectivity index (χ0v) is 60.1. The molecule has 3 aliphatic carbocycles. The molecule has 6 N–H and O–H groups in total. The Morgan fingerprint density at radius 2 is 0.790 bits per heavy atom. The Morgan fingerprint density at radius 1 is 0.440 bits per heavy atom. The number of fused-ring (bicyclic) bond motifs is 9. The first-order chi connectivity index (χ1) is 48.1. The van der Waals surface area contributed by atoms with Gasteiger partial charge < -0.3 is 36.0 Å². The van der Waals surface area contributed by atoms with E-state index in [-0.39, 0.29) is 28.5 Å². The number of rotatable bonds is 14. The average molecular weight is 1430 g/mol. The summed E-state index contributed by atoms with van der Waals surface area (Å²) in [7, 11) is -3.80. The summed E-state index contributed by atoms with van der Waals surface area (Å²) in [6, 6.07) is 20.1. The van der Waals surface area contributed by atoms with Crippen LogP contribution in [0.15, 0.2) is 90.2 Å². The standard InChI is InChI=1S/C24H27N7O2S.C24H28N6OS.C22H25N7O3S2/c1-15(32)26-18-4-3-5-19(12-18)27-24-25-13-17-6-7-20-23(22(17)29-24)34-21(28-20)14-30-8-10-31(11-9-30)16(2)33;1-15-10-16(2)12-19(11-15)26-24-25-13-18-4-5-20-23(22(18)28-24)32-21(27-20)14-29-6-8-30(9-7-29)17(3)31;1-14(30)29-9-7-28(8-10-29)13-19-26-18-6-5-15-12-24-22(27-20(15)21(18)33-19)25-16-3-2-4-17(11-16)34(23,31)32/h3-5,12-13H,6-11,14H2,1-2H3,(H,26,32)(H,25,27,29);10-13H,4-9,14H2,1-3H3,(H,25,26,28);2-4,11-12H,5-10,13H2,1H3,(H2,23,31,32)(H,24,25,27). The van der Waals surface area contributed by atoms with Crippen LogP contribution in [0, 0.1) is 13.8 Å². The number of nitrogens with one attached hydrogen (secondary N) is 4. The Hall–Kier alpha value is -9.14. The van der Waals surface area contributed by atoms with Crippen LogP contribution < -0.4 is 26.4 Å². The highest BCUT2D eigenvalue weighted by Gasteiger charge is 2.30. The van der Waals surface area contributed by atoms with Gasteiger partial charge in [0.25, 0.3) is 0 Å². The maximum atomic E-state index is 11.6. The second-order valence-corrected chi connectivity index (χ2v) is 30.6. The quantitative estimate of drug-likeness (QED) is 0.0681. The number of nitrogens with zero attached hydrogens (tertiary/aromatic N) is 15. The van der Waals surface area contributed by atoms with Gasteiger partial charge in [0.2, 0.25) is 51.5 Å². The predicted octanol–water partition coefficient (Wildman–Crippen LogP) is 8.54. The predicted molar refractivity (Wildman–Crippen MR) is 389 cm³/mol. The lowest BCUT2D eigenvalue weighted by Crippen LogP contribution is -2.47. The third-order valence-electron chi connectivity index (χ3n) is 18.2. The molecule has 30 heteroatoms. The summed E-state index contributed by atoms with van der Waals surface area (Å²) >= 11 is 5.10. The molecule has 26 nitrogen and oxygen atoms in total. The number of hydrogen-bond donors (Lipinski definition) is 5. The van der Waals surface area contributed by atoms with Crippen molar-refractivity contribution in [3.05, 3.63) is 145 Å². The fraction of sp³-hybridized carbons (Fsp3) is 0.386. The number of carbonyl (C=O) groups excluding carboxylic acids is 4. The van der Waals surface area contributed by atoms with Crippen LogP contribution in [0.2, 0.25) is 0 Å². The van der Waals surface area contributed by atoms with E-state index in [0.717, 1.165) is 218 Å². The summed E-state index contributed by atoms with van der Waals surface area (Å²) in [5, 5.41) is 21.0. The third kappa shape index (κ3) is 17.0. The molecule has 6 aliphatic rings. The van der Waals surface area contributed by atoms with Crippen molar-refractivity contribution in [3.63, 3.8) is 0 Å². The van der Waals surface area contributed by atoms with Gasteiger partial charge in [-0.15, -0.1) is 34.0 Å². The molecular formula is C70H80N20O6S4. The van der Waals surface area contributed by atoms with Crippen LogP contribution in [0.25, 0.3) is 31.7 Å². The number of primary sulfonamides is 1. The first-order valence-electron chi connectivity index (χ1n) is 33.5. The monoisotopic (exact) mass is 1420 g/mol. The van der Waals surface area contributed by atoms with E-state index < -0.39 is 10.0 Å². The molecule has 520 valence electrons. The van der Waals surface area contributed by atoms with E-state index in [1.807, 2.05) is 57.6 Å². The Bertz CT molecular complexity index is 4650. The minimum atomic E-state index is -3.80. The van der Waals surface area contributed by atoms with Crippen LogP contribution >= 0.6 is 34.0 Å². The number of thiazole rings is 3. The third-order valence-corrected chi connectivity index (χ3v) is 22.4. The number of sulfonamides is 1. The number of benzene rings is 3. The van der Waals surface area contributed by atoms with Crippen molar-refractivity contribution in [2.45, 2.75) is 105 Å². The van der Waals surface area contributed by atoms with E-state index in [1.165, 1.54) is 40.6 Å². The molecule has 0 bridgehead atoms. The van der Waals surface area contributed by atoms with Gasteiger partial charge in [0, 0.05) is 148 Å². The summed E-state index contributed by atoms with van der Waals surface area (Å²) in [6.45, 7) is 22.8. The van der Waals surface area contributed by atoms with Crippen LogP contribution in [0.1, 0.15) is 87.6 Å². The highest BCUT2D eigenvalue weighted by atomic mass is 32.2. The van der Waals surface area contributed by atoms with Crippen molar-refractivity contribution >= 4 is 108 Å². The number of piperazine rings is 3. The maximum Gasteiger partial charge on any atom is 0.238 e. The van der Waals surface area contributed by atoms with Crippen molar-refractivity contribution in [1.82, 2.24) is 74.3 Å². The molecule has 0 unspecified atom stereocenters. The largest absolute Gasteiger partial charge is 0.340 e. The van der Waals surface area contributed by atoms with Gasteiger partial charge >= 0.3 is 0 Å². The first kappa shape index (κ1) is 69.3. The molecule has 3 fully saturated rings. The summed E-state index contributed by atoms with van der Waals surface area (Å²) in [5.41, 5.74) is 15.0. The van der Waals surface area contributed by atoms with Crippen molar-refractivity contribution < 1.29 is 27.6 Å². The molecular weight excluding hydrogens is 1350 g/mol. The van der Waals surface area contributed by atoms with Gasteiger partial charge in [-0.1, -0.05) is 18.2 Å². The SMILES string of the molecule is CC(=O)N1CCN(Cc2nc3c(s2)-c2nc(Nc4cc(C)cc(C)c4)ncc2CC3)CC1.CC(=O)N1CCN(Cc2nc3c(s2)-c2nc(Nc4cccc(S(N)(=O)=O)c4)ncc2CC3)CC1.CC(=O)Nc1cccc(Nc2ncc3c(n2)-c2sc(CN4CCN(C(C)=O)CC4)nc2CC3)c1. The van der Waals surface area contributed by atoms with Crippen LogP contribution in [-0.4, -0.2) is 185 Å². The summed E-state index contributed by atoms with van der Waals surface area (Å²) in [5.74, 6) is 1.84. The fourth-order valence-electron chi connectivity index (χ4n) is 13.1. The lowest BCUT2D eigenvalue weighted by molar-refractivity contribution is -0.131. The summed E-state index contributed by atoms with van der Waals surface area (Å²) in [6.07, 6.45) is 11.0. The molecule has 3 aliphatic heterocycles. The molecule has 9 aromatic rings. The maximum absolute atomic E-state index is 11.6. The zero-order chi connectivity index (χ0) is 69.8. The molecule has 0 radical (unpaired) electrons. The number of anilines is 7. The van der Waals surface area contributed by atoms with E-state index >= 15 is 0 Å². The topological polar surface area (TPSA) is 312 Å². The zero-order valence-electron chi connectivity index (χ0n) is 56.8. The molecule has 3 saturated heterocycles. The highest BCUT2D eigenvalue weighted by molar-refractivity contribution is 7.89. The van der Waals surface area contributed by atoms with Gasteiger partial charge in [0.1, 0.15) is 15.0 Å². The van der Waals surface area contributed by atoms with Crippen molar-refractivity contribution in [3.8, 4) is 31.7 Å². The Balaban J connectivity index is 0.000000134. The lowest BCUT2D eigenvalue weighted by atomic mass is 10.00. The van der Waals surface area contributed by atoms with Crippen LogP contribution in [0.5, 0.6) is 0 Å². The molecule has 0 atom stereocenters. The van der Waals surface area contributed by atoms with Gasteiger partial charge in [-0.3, -0.25) is 33.9 Å². The normalized spacial score (nSPS) is 15.8. The van der Waals surface area contributed by atoms with Gasteiger partial charge in [-0.05, 0) is 129 Å². The molecule has 4 amide bonds. The number of aryl methyl sites for hydroxylation is 8. The van der Waals surface area contributed by atoms with E-state index in [0.29, 0.717) is 29.2 Å². The number of amides is 4. The van der Waals surface area contributed by atoms with Gasteiger partial charge in [-0.25, -0.2) is 58.4 Å². The Labute approximate surface area is 593 Å². The second-order valence-electron chi connectivity index (χ2n) is 25.8. The van der Waals surface area contributed by atoms with Crippen molar-refractivity contribution in [1.29, 1.82) is 0 Å². The molecule has 3 aromatic carbocycles. The van der Waals surface area contributed by atoms with Crippen LogP contribution in [0.4, 0.5) is 40.6 Å². The average Bonchev–Trinajstić information content (AvgIpc) is 1.36. The first-order valence-corrected chi connectivity index (χ1v) is 37.5. The lowest BCUT2D eigenvalue weighted by Gasteiger charge is -2.33. The van der Waals surface area contributed by atoms with Crippen LogP contribution in [-0.2, 0) is 87.4 Å². The minimum absolute atomic E-state index is 0.0222. The van der Waals surface area contributed by atoms with Crippen molar-refractivity contribution in [2.75, 3.05) is 99.8 Å². The Kier molecular flexibility index (Phi) is 21.1. The molecule has 15 rings (SSSR count). The number of nitrogens with two attached hydrogens (primary N) is 1. The van der Waals surface area contributed by atoms with Crippen molar-refractivity contribution in [2.24, 2.45) is 5.14 Å². The Morgan fingerprint density at radius 3 is 1.15 bits per heavy atom. The minimum Gasteiger partial charge on any atom is -0.340 e. The van der Waals surface area contributed by atoms with E-state index in [1.54, 1.807) is 66.9 Å². The molecule has 0 spiro atoms. The molecule has 0 saturated carbocycles. The van der Waals surface area contributed by atoms with E-state index in [4.69, 9.17) is 35.0 Å². The van der Waals surface area contributed by atoms with Gasteiger partial charge in [0.05, 0.1) is 73.3 Å². The fourth-order valence-corrected chi connectivity index (χ4v) is 17.2. The number of carbonyl (C=O) groups is 4. The van der Waals surface area contributed by atoms with E-state index in [9.17, 15) is 27.6 Å².